The van der Waals surface area contributed by atoms with E-state index < -0.39 is 27.1 Å². The number of carbonyl (C=O) groups excluding carboxylic acids is 1. The normalized spacial score (nSPS) is 10.4. The molecule has 0 radical (unpaired) electrons. The molecule has 0 aliphatic heterocycles. The van der Waals surface area contributed by atoms with Crippen LogP contribution in [0.2, 0.25) is 0 Å². The van der Waals surface area contributed by atoms with Crippen LogP contribution in [0.15, 0.2) is 60.7 Å². The monoisotopic (exact) mass is 337 g/mol. The minimum atomic E-state index is -0.778. The molecule has 0 spiro atoms. The van der Waals surface area contributed by atoms with Gasteiger partial charge in [0.25, 0.3) is 17.3 Å². The van der Waals surface area contributed by atoms with Gasteiger partial charge in [-0.25, -0.2) is 0 Å². The molecule has 8 nitrogen and oxygen atoms in total. The SMILES string of the molecule is O=C(Nc1ccc2ccccc2c1)c1cc([N+](=O)[O-])cc([N+](=O)[O-])c1. The predicted octanol–water partition coefficient (Wildman–Crippen LogP) is 3.91. The number of rotatable bonds is 4. The lowest BCUT2D eigenvalue weighted by Gasteiger charge is -2.07. The Kier molecular flexibility index (Phi) is 4.09. The summed E-state index contributed by atoms with van der Waals surface area (Å²) in [5.74, 6) is -0.665. The average molecular weight is 337 g/mol. The standard InChI is InChI=1S/C17H11N3O5/c21-17(13-8-15(19(22)23)10-16(9-13)20(24)25)18-14-6-5-11-3-1-2-4-12(11)7-14/h1-10H,(H,18,21). The van der Waals surface area contributed by atoms with E-state index in [2.05, 4.69) is 5.32 Å². The summed E-state index contributed by atoms with van der Waals surface area (Å²) in [6, 6.07) is 15.6. The van der Waals surface area contributed by atoms with Crippen LogP contribution in [0.25, 0.3) is 10.8 Å². The molecule has 0 saturated carbocycles. The van der Waals surface area contributed by atoms with E-state index in [1.54, 1.807) is 12.1 Å². The number of anilines is 1. The summed E-state index contributed by atoms with van der Waals surface area (Å²) >= 11 is 0. The van der Waals surface area contributed by atoms with E-state index in [1.807, 2.05) is 30.3 Å². The Morgan fingerprint density at radius 2 is 1.40 bits per heavy atom. The van der Waals surface area contributed by atoms with Gasteiger partial charge in [0.1, 0.15) is 0 Å². The summed E-state index contributed by atoms with van der Waals surface area (Å²) in [6.45, 7) is 0. The van der Waals surface area contributed by atoms with Crippen LogP contribution in [0.5, 0.6) is 0 Å². The molecule has 0 atom stereocenters. The predicted molar refractivity (Wildman–Crippen MR) is 91.7 cm³/mol. The number of hydrogen-bond acceptors (Lipinski definition) is 5. The Balaban J connectivity index is 1.94. The van der Waals surface area contributed by atoms with Crippen molar-refractivity contribution in [2.75, 3.05) is 5.32 Å². The van der Waals surface area contributed by atoms with Gasteiger partial charge in [-0.05, 0) is 22.9 Å². The fourth-order valence-corrected chi connectivity index (χ4v) is 2.41. The molecule has 8 heteroatoms. The van der Waals surface area contributed by atoms with Crippen LogP contribution in [0.1, 0.15) is 10.4 Å². The number of nitro groups is 2. The second-order valence-corrected chi connectivity index (χ2v) is 5.27. The number of hydrogen-bond donors (Lipinski definition) is 1. The molecule has 0 aliphatic carbocycles. The van der Waals surface area contributed by atoms with Gasteiger partial charge in [0, 0.05) is 17.8 Å². The third-order valence-corrected chi connectivity index (χ3v) is 3.59. The van der Waals surface area contributed by atoms with Crippen molar-refractivity contribution in [3.8, 4) is 0 Å². The molecule has 0 aromatic heterocycles. The number of non-ortho nitro benzene ring substituents is 2. The van der Waals surface area contributed by atoms with Gasteiger partial charge in [-0.3, -0.25) is 25.0 Å². The first kappa shape index (κ1) is 16.1. The fourth-order valence-electron chi connectivity index (χ4n) is 2.41. The molecule has 1 N–H and O–H groups in total. The summed E-state index contributed by atoms with van der Waals surface area (Å²) in [7, 11) is 0. The third kappa shape index (κ3) is 3.42. The maximum atomic E-state index is 12.3. The van der Waals surface area contributed by atoms with E-state index in [-0.39, 0.29) is 5.56 Å². The molecule has 3 aromatic carbocycles. The third-order valence-electron chi connectivity index (χ3n) is 3.59. The molecule has 0 heterocycles. The van der Waals surface area contributed by atoms with Crippen molar-refractivity contribution in [3.05, 3.63) is 86.5 Å². The van der Waals surface area contributed by atoms with E-state index in [0.29, 0.717) is 5.69 Å². The molecule has 3 aromatic rings. The van der Waals surface area contributed by atoms with E-state index >= 15 is 0 Å². The molecule has 0 unspecified atom stereocenters. The van der Waals surface area contributed by atoms with E-state index in [0.717, 1.165) is 29.0 Å². The molecule has 3 rings (SSSR count). The lowest BCUT2D eigenvalue weighted by Crippen LogP contribution is -2.12. The number of nitrogens with zero attached hydrogens (tertiary/aromatic N) is 2. The zero-order valence-corrected chi connectivity index (χ0v) is 12.7. The quantitative estimate of drug-likeness (QED) is 0.572. The van der Waals surface area contributed by atoms with Gasteiger partial charge in [-0.15, -0.1) is 0 Å². The molecule has 0 saturated heterocycles. The van der Waals surface area contributed by atoms with Crippen molar-refractivity contribution < 1.29 is 14.6 Å². The lowest BCUT2D eigenvalue weighted by atomic mass is 10.1. The maximum Gasteiger partial charge on any atom is 0.277 e. The molecular formula is C17H11N3O5. The van der Waals surface area contributed by atoms with Crippen molar-refractivity contribution in [1.82, 2.24) is 0 Å². The zero-order chi connectivity index (χ0) is 18.0. The minimum absolute atomic E-state index is 0.158. The number of nitro benzene ring substituents is 2. The van der Waals surface area contributed by atoms with Gasteiger partial charge in [-0.2, -0.15) is 0 Å². The Morgan fingerprint density at radius 3 is 2.00 bits per heavy atom. The molecule has 0 aliphatic rings. The first-order chi connectivity index (χ1) is 11.9. The topological polar surface area (TPSA) is 115 Å². The van der Waals surface area contributed by atoms with Gasteiger partial charge in [0.2, 0.25) is 0 Å². The Bertz CT molecular complexity index is 984. The number of amides is 1. The zero-order valence-electron chi connectivity index (χ0n) is 12.7. The lowest BCUT2D eigenvalue weighted by molar-refractivity contribution is -0.394. The van der Waals surface area contributed by atoms with Crippen LogP contribution in [0.4, 0.5) is 17.1 Å². The van der Waals surface area contributed by atoms with Gasteiger partial charge in [0.05, 0.1) is 21.5 Å². The minimum Gasteiger partial charge on any atom is -0.322 e. The van der Waals surface area contributed by atoms with Crippen molar-refractivity contribution in [1.29, 1.82) is 0 Å². The second-order valence-electron chi connectivity index (χ2n) is 5.27. The van der Waals surface area contributed by atoms with Crippen LogP contribution in [0, 0.1) is 20.2 Å². The first-order valence-corrected chi connectivity index (χ1v) is 7.18. The van der Waals surface area contributed by atoms with Crippen molar-refractivity contribution >= 4 is 33.7 Å². The summed E-state index contributed by atoms with van der Waals surface area (Å²) in [4.78, 5) is 32.6. The fraction of sp³-hybridized carbons (Fsp3) is 0. The first-order valence-electron chi connectivity index (χ1n) is 7.18. The van der Waals surface area contributed by atoms with Crippen LogP contribution in [-0.2, 0) is 0 Å². The van der Waals surface area contributed by atoms with Gasteiger partial charge in [0.15, 0.2) is 0 Å². The van der Waals surface area contributed by atoms with Crippen LogP contribution >= 0.6 is 0 Å². The molecular weight excluding hydrogens is 326 g/mol. The summed E-state index contributed by atoms with van der Waals surface area (Å²) in [6.07, 6.45) is 0. The highest BCUT2D eigenvalue weighted by atomic mass is 16.6. The van der Waals surface area contributed by atoms with Crippen molar-refractivity contribution in [3.63, 3.8) is 0 Å². The highest BCUT2D eigenvalue weighted by molar-refractivity contribution is 6.06. The molecule has 0 fully saturated rings. The maximum absolute atomic E-state index is 12.3. The van der Waals surface area contributed by atoms with Crippen LogP contribution in [0.3, 0.4) is 0 Å². The van der Waals surface area contributed by atoms with Crippen molar-refractivity contribution in [2.45, 2.75) is 0 Å². The van der Waals surface area contributed by atoms with Gasteiger partial charge >= 0.3 is 0 Å². The number of nitrogens with one attached hydrogen (secondary N) is 1. The Labute approximate surface area is 141 Å². The largest absolute Gasteiger partial charge is 0.322 e. The molecule has 124 valence electrons. The second kappa shape index (κ2) is 6.36. The highest BCUT2D eigenvalue weighted by Crippen LogP contribution is 2.24. The molecule has 0 bridgehead atoms. The summed E-state index contributed by atoms with van der Waals surface area (Å²) in [5.41, 5.74) is -0.706. The smallest absolute Gasteiger partial charge is 0.277 e. The number of carbonyl (C=O) groups is 1. The van der Waals surface area contributed by atoms with E-state index in [4.69, 9.17) is 0 Å². The summed E-state index contributed by atoms with van der Waals surface area (Å²) in [5, 5.41) is 26.3. The number of fused-ring (bicyclic) bond motifs is 1. The van der Waals surface area contributed by atoms with Crippen LogP contribution < -0.4 is 5.32 Å². The average Bonchev–Trinajstić information content (AvgIpc) is 2.61. The summed E-state index contributed by atoms with van der Waals surface area (Å²) < 4.78 is 0. The van der Waals surface area contributed by atoms with Crippen LogP contribution in [-0.4, -0.2) is 15.8 Å². The molecule has 1 amide bonds. The molecule has 25 heavy (non-hydrogen) atoms. The number of benzene rings is 3. The Hall–Kier alpha value is -3.81. The van der Waals surface area contributed by atoms with E-state index in [1.165, 1.54) is 0 Å². The van der Waals surface area contributed by atoms with Gasteiger partial charge in [-0.1, -0.05) is 30.3 Å². The highest BCUT2D eigenvalue weighted by Gasteiger charge is 2.20. The van der Waals surface area contributed by atoms with Crippen molar-refractivity contribution in [2.24, 2.45) is 0 Å². The van der Waals surface area contributed by atoms with E-state index in [9.17, 15) is 25.0 Å². The Morgan fingerprint density at radius 1 is 0.800 bits per heavy atom. The van der Waals surface area contributed by atoms with Gasteiger partial charge < -0.3 is 5.32 Å².